The molecule has 1 aliphatic heterocycles. The van der Waals surface area contributed by atoms with E-state index in [0.717, 1.165) is 36.2 Å². The molecule has 10 heteroatoms. The van der Waals surface area contributed by atoms with Gasteiger partial charge in [0.2, 0.25) is 0 Å². The second-order valence-electron chi connectivity index (χ2n) is 12.0. The van der Waals surface area contributed by atoms with Crippen LogP contribution in [0.1, 0.15) is 42.5 Å². The van der Waals surface area contributed by atoms with Gasteiger partial charge < -0.3 is 19.4 Å². The predicted molar refractivity (Wildman–Crippen MR) is 168 cm³/mol. The van der Waals surface area contributed by atoms with Crippen molar-refractivity contribution in [2.75, 3.05) is 13.7 Å². The molecule has 0 aliphatic carbocycles. The van der Waals surface area contributed by atoms with Crippen molar-refractivity contribution in [2.24, 2.45) is 5.92 Å². The lowest BCUT2D eigenvalue weighted by Gasteiger charge is -2.30. The average Bonchev–Trinajstić information content (AvgIpc) is 3.60. The lowest BCUT2D eigenvalue weighted by molar-refractivity contribution is 0.0245. The number of methoxy groups -OCH3 is 1. The van der Waals surface area contributed by atoms with Crippen LogP contribution < -0.4 is 10.3 Å². The minimum Gasteiger partial charge on any atom is -0.491 e. The molecule has 0 radical (unpaired) electrons. The van der Waals surface area contributed by atoms with Crippen LogP contribution in [0, 0.1) is 5.92 Å². The van der Waals surface area contributed by atoms with Crippen LogP contribution in [0.25, 0.3) is 5.69 Å². The van der Waals surface area contributed by atoms with Gasteiger partial charge in [0.05, 0.1) is 37.5 Å². The topological polar surface area (TPSA) is 112 Å². The molecule has 2 aromatic heterocycles. The van der Waals surface area contributed by atoms with Crippen LogP contribution >= 0.6 is 0 Å². The summed E-state index contributed by atoms with van der Waals surface area (Å²) in [5, 5.41) is 18.7. The van der Waals surface area contributed by atoms with Crippen LogP contribution in [0.4, 0.5) is 0 Å². The molecule has 5 atom stereocenters. The Kier molecular flexibility index (Phi) is 9.61. The molecule has 4 aromatic rings. The Morgan fingerprint density at radius 1 is 1.02 bits per heavy atom. The summed E-state index contributed by atoms with van der Waals surface area (Å²) in [5.74, 6) is 0.322. The number of aromatic nitrogens is 4. The van der Waals surface area contributed by atoms with Gasteiger partial charge in [0.25, 0.3) is 5.56 Å². The molecule has 0 amide bonds. The number of hydrogen-bond acceptors (Lipinski definition) is 7. The van der Waals surface area contributed by atoms with E-state index in [1.54, 1.807) is 22.9 Å². The molecule has 1 unspecified atom stereocenters. The lowest BCUT2D eigenvalue weighted by Crippen LogP contribution is -2.40. The minimum absolute atomic E-state index is 0.0394. The number of nitrogens with zero attached hydrogens (tertiary/aromatic N) is 4. The number of pyridine rings is 1. The predicted octanol–water partition coefficient (Wildman–Crippen LogP) is 4.56. The summed E-state index contributed by atoms with van der Waals surface area (Å²) < 4.78 is 15.2. The zero-order valence-corrected chi connectivity index (χ0v) is 26.3. The van der Waals surface area contributed by atoms with Crippen molar-refractivity contribution >= 4 is 8.32 Å². The van der Waals surface area contributed by atoms with Gasteiger partial charge in [0.1, 0.15) is 0 Å². The normalized spacial score (nSPS) is 21.2. The van der Waals surface area contributed by atoms with E-state index in [-0.39, 0.29) is 41.8 Å². The summed E-state index contributed by atoms with van der Waals surface area (Å²) in [5.41, 5.74) is 3.62. The van der Waals surface area contributed by atoms with Crippen LogP contribution in [0.3, 0.4) is 0 Å². The first kappa shape index (κ1) is 30.9. The summed E-state index contributed by atoms with van der Waals surface area (Å²) >= 11 is 0. The number of aliphatic hydroxyl groups excluding tert-OH is 1. The van der Waals surface area contributed by atoms with Crippen molar-refractivity contribution < 1.29 is 19.4 Å². The molecule has 5 rings (SSSR count). The summed E-state index contributed by atoms with van der Waals surface area (Å²) in [6.45, 7) is 6.80. The Morgan fingerprint density at radius 3 is 2.44 bits per heavy atom. The first-order valence-corrected chi connectivity index (χ1v) is 18.0. The molecule has 1 aliphatic rings. The first-order valence-electron chi connectivity index (χ1n) is 15.0. The standard InChI is InChI=1S/C33H42N4O5Si/c1-23-29(17-14-24-12-15-26(16-13-24)37-19-8-11-31(41-2)33(37)39)42-30(32(23)43(3,4)40)18-20-36-21-28(34-35-36)27(22-38)25-9-6-5-7-10-25/h5-13,15-16,19,21,23,27,29-30,32,38,40H,14,17-18,20,22H2,1-4H3/t23-,27?,29+,30-,32+/m1/s1. The summed E-state index contributed by atoms with van der Waals surface area (Å²) in [6.07, 6.45) is 6.03. The molecule has 0 bridgehead atoms. The molecular formula is C33H42N4O5Si. The van der Waals surface area contributed by atoms with Gasteiger partial charge >= 0.3 is 0 Å². The van der Waals surface area contributed by atoms with Gasteiger partial charge in [0, 0.05) is 30.2 Å². The molecule has 2 N–H and O–H groups in total. The fourth-order valence-electron chi connectivity index (χ4n) is 6.54. The molecule has 9 nitrogen and oxygen atoms in total. The molecule has 0 saturated carbocycles. The first-order chi connectivity index (χ1) is 20.7. The van der Waals surface area contributed by atoms with Crippen LogP contribution in [0.15, 0.2) is 83.9 Å². The number of ether oxygens (including phenoxy) is 2. The minimum atomic E-state index is -2.51. The highest BCUT2D eigenvalue weighted by molar-refractivity contribution is 6.71. The van der Waals surface area contributed by atoms with Gasteiger partial charge in [-0.05, 0) is 73.7 Å². The lowest BCUT2D eigenvalue weighted by atomic mass is 9.95. The van der Waals surface area contributed by atoms with Gasteiger partial charge in [-0.3, -0.25) is 14.0 Å². The van der Waals surface area contributed by atoms with Gasteiger partial charge in [-0.15, -0.1) is 5.10 Å². The Hall–Kier alpha value is -3.57. The highest BCUT2D eigenvalue weighted by Gasteiger charge is 2.49. The smallest absolute Gasteiger partial charge is 0.297 e. The quantitative estimate of drug-likeness (QED) is 0.229. The number of aliphatic hydroxyl groups is 1. The van der Waals surface area contributed by atoms with Crippen molar-refractivity contribution in [1.82, 2.24) is 19.6 Å². The fourth-order valence-corrected chi connectivity index (χ4v) is 9.20. The number of aryl methyl sites for hydroxylation is 2. The Bertz CT molecular complexity index is 1530. The third-order valence-electron chi connectivity index (χ3n) is 8.72. The van der Waals surface area contributed by atoms with Crippen LogP contribution in [0.2, 0.25) is 18.6 Å². The molecule has 2 aromatic carbocycles. The number of rotatable bonds is 12. The van der Waals surface area contributed by atoms with Gasteiger partial charge in [-0.2, -0.15) is 0 Å². The Morgan fingerprint density at radius 2 is 1.77 bits per heavy atom. The maximum atomic E-state index is 12.6. The van der Waals surface area contributed by atoms with E-state index in [4.69, 9.17) is 9.47 Å². The number of benzene rings is 2. The molecule has 1 fully saturated rings. The van der Waals surface area contributed by atoms with Gasteiger partial charge in [-0.25, -0.2) is 0 Å². The van der Waals surface area contributed by atoms with E-state index >= 15 is 0 Å². The second kappa shape index (κ2) is 13.4. The van der Waals surface area contributed by atoms with Crippen molar-refractivity contribution in [1.29, 1.82) is 0 Å². The van der Waals surface area contributed by atoms with Gasteiger partial charge in [-0.1, -0.05) is 54.6 Å². The van der Waals surface area contributed by atoms with Gasteiger partial charge in [0.15, 0.2) is 14.1 Å². The summed E-state index contributed by atoms with van der Waals surface area (Å²) in [4.78, 5) is 23.8. The largest absolute Gasteiger partial charge is 0.491 e. The van der Waals surface area contributed by atoms with Crippen molar-refractivity contribution in [3.63, 3.8) is 0 Å². The zero-order valence-electron chi connectivity index (χ0n) is 25.3. The third-order valence-corrected chi connectivity index (χ3v) is 11.3. The highest BCUT2D eigenvalue weighted by Crippen LogP contribution is 2.45. The SMILES string of the molecule is COc1cccn(-c2ccc(CC[C@@H]3O[C@H](CCn4cc(C(CO)c5ccccc5)nn4)[C@@H]([Si](C)(C)O)[C@@H]3C)cc2)c1=O. The van der Waals surface area contributed by atoms with Crippen molar-refractivity contribution in [3.05, 3.63) is 106 Å². The van der Waals surface area contributed by atoms with Crippen LogP contribution in [-0.2, 0) is 17.7 Å². The highest BCUT2D eigenvalue weighted by atomic mass is 28.4. The molecule has 1 saturated heterocycles. The maximum Gasteiger partial charge on any atom is 0.297 e. The molecule has 228 valence electrons. The monoisotopic (exact) mass is 602 g/mol. The molecule has 3 heterocycles. The Labute approximate surface area is 253 Å². The molecular weight excluding hydrogens is 560 g/mol. The Balaban J connectivity index is 1.22. The second-order valence-corrected chi connectivity index (χ2v) is 16.0. The molecule has 43 heavy (non-hydrogen) atoms. The van der Waals surface area contributed by atoms with E-state index in [2.05, 4.69) is 29.4 Å². The van der Waals surface area contributed by atoms with Crippen LogP contribution in [-0.4, -0.2) is 63.7 Å². The number of hydrogen-bond donors (Lipinski definition) is 2. The average molecular weight is 603 g/mol. The van der Waals surface area contributed by atoms with Crippen LogP contribution in [0.5, 0.6) is 5.75 Å². The molecule has 0 spiro atoms. The van der Waals surface area contributed by atoms with Crippen molar-refractivity contribution in [3.8, 4) is 11.4 Å². The van der Waals surface area contributed by atoms with E-state index in [0.29, 0.717) is 12.3 Å². The van der Waals surface area contributed by atoms with Crippen molar-refractivity contribution in [2.45, 2.75) is 69.5 Å². The maximum absolute atomic E-state index is 12.6. The van der Waals surface area contributed by atoms with E-state index in [1.807, 2.05) is 66.4 Å². The van der Waals surface area contributed by atoms with E-state index < -0.39 is 8.32 Å². The van der Waals surface area contributed by atoms with E-state index in [9.17, 15) is 14.7 Å². The third kappa shape index (κ3) is 6.99. The summed E-state index contributed by atoms with van der Waals surface area (Å²) in [7, 11) is -1.01. The summed E-state index contributed by atoms with van der Waals surface area (Å²) in [6, 6.07) is 21.3. The van der Waals surface area contributed by atoms with E-state index in [1.165, 1.54) is 12.7 Å². The zero-order chi connectivity index (χ0) is 30.6. The fraction of sp³-hybridized carbons (Fsp3) is 0.424.